The van der Waals surface area contributed by atoms with Crippen molar-refractivity contribution in [2.24, 2.45) is 0 Å². The molecule has 0 atom stereocenters. The summed E-state index contributed by atoms with van der Waals surface area (Å²) in [5.74, 6) is 0.805. The number of hydrogen-bond donors (Lipinski definition) is 2. The van der Waals surface area contributed by atoms with Crippen molar-refractivity contribution in [1.29, 1.82) is 0 Å². The number of nitrogens with one attached hydrogen (secondary N) is 2. The van der Waals surface area contributed by atoms with Crippen LogP contribution in [0.25, 0.3) is 0 Å². The zero-order valence-corrected chi connectivity index (χ0v) is 16.6. The predicted molar refractivity (Wildman–Crippen MR) is 110 cm³/mol. The Balaban J connectivity index is 1.25. The third-order valence-electron chi connectivity index (χ3n) is 4.72. The summed E-state index contributed by atoms with van der Waals surface area (Å²) in [5, 5.41) is 9.11. The molecule has 6 heteroatoms. The molecule has 5 nitrogen and oxygen atoms in total. The van der Waals surface area contributed by atoms with E-state index in [0.29, 0.717) is 13.2 Å². The van der Waals surface area contributed by atoms with Crippen molar-refractivity contribution in [3.8, 4) is 5.75 Å². The molecule has 4 rings (SSSR count). The van der Waals surface area contributed by atoms with Crippen LogP contribution in [0.1, 0.15) is 33.0 Å². The van der Waals surface area contributed by atoms with Gasteiger partial charge in [0.2, 0.25) is 5.91 Å². The minimum atomic E-state index is -0.0186. The maximum absolute atomic E-state index is 12.2. The lowest BCUT2D eigenvalue weighted by molar-refractivity contribution is -0.120. The van der Waals surface area contributed by atoms with Crippen molar-refractivity contribution in [3.63, 3.8) is 0 Å². The summed E-state index contributed by atoms with van der Waals surface area (Å²) in [7, 11) is 0. The van der Waals surface area contributed by atoms with Crippen LogP contribution in [-0.2, 0) is 37.5 Å². The first-order chi connectivity index (χ1) is 13.7. The van der Waals surface area contributed by atoms with Gasteiger partial charge in [0.25, 0.3) is 0 Å². The Kier molecular flexibility index (Phi) is 5.69. The highest BCUT2D eigenvalue weighted by molar-refractivity contribution is 7.09. The lowest BCUT2D eigenvalue weighted by Gasteiger charge is -2.06. The van der Waals surface area contributed by atoms with E-state index in [1.54, 1.807) is 0 Å². The molecule has 0 fully saturated rings. The molecule has 144 valence electrons. The smallest absolute Gasteiger partial charge is 0.226 e. The standard InChI is InChI=1S/C22H23N3O2S/c1-15-2-6-20(7-3-15)27-13-22-25-19(14-28-22)9-21(26)24-10-16-4-5-17-11-23-12-18(17)8-16/h2-8,14,23H,9-13H2,1H3,(H,24,26). The van der Waals surface area contributed by atoms with Crippen molar-refractivity contribution >= 4 is 17.2 Å². The van der Waals surface area contributed by atoms with Gasteiger partial charge in [-0.1, -0.05) is 35.9 Å². The molecule has 0 unspecified atom stereocenters. The Hall–Kier alpha value is -2.70. The van der Waals surface area contributed by atoms with Gasteiger partial charge in [-0.15, -0.1) is 11.3 Å². The van der Waals surface area contributed by atoms with E-state index >= 15 is 0 Å². The highest BCUT2D eigenvalue weighted by atomic mass is 32.1. The fourth-order valence-electron chi connectivity index (χ4n) is 3.16. The molecule has 2 heterocycles. The zero-order chi connectivity index (χ0) is 19.3. The van der Waals surface area contributed by atoms with Crippen molar-refractivity contribution in [3.05, 3.63) is 80.8 Å². The maximum Gasteiger partial charge on any atom is 0.226 e. The minimum absolute atomic E-state index is 0.0186. The number of carbonyl (C=O) groups excluding carboxylic acids is 1. The van der Waals surface area contributed by atoms with Gasteiger partial charge in [-0.05, 0) is 35.7 Å². The summed E-state index contributed by atoms with van der Waals surface area (Å²) < 4.78 is 5.75. The Morgan fingerprint density at radius 1 is 1.18 bits per heavy atom. The van der Waals surface area contributed by atoms with Gasteiger partial charge in [0.15, 0.2) is 0 Å². The average Bonchev–Trinajstić information content (AvgIpc) is 3.34. The summed E-state index contributed by atoms with van der Waals surface area (Å²) in [6, 6.07) is 14.3. The molecule has 0 saturated carbocycles. The first-order valence-corrected chi connectivity index (χ1v) is 10.2. The largest absolute Gasteiger partial charge is 0.486 e. The van der Waals surface area contributed by atoms with Gasteiger partial charge in [0, 0.05) is 25.0 Å². The molecule has 3 aromatic rings. The fraction of sp³-hybridized carbons (Fsp3) is 0.273. The van der Waals surface area contributed by atoms with Crippen LogP contribution in [-0.4, -0.2) is 10.9 Å². The summed E-state index contributed by atoms with van der Waals surface area (Å²) in [4.78, 5) is 16.8. The molecule has 1 amide bonds. The number of carbonyl (C=O) groups is 1. The van der Waals surface area contributed by atoms with Gasteiger partial charge >= 0.3 is 0 Å². The molecule has 1 aliphatic heterocycles. The van der Waals surface area contributed by atoms with Crippen LogP contribution in [0, 0.1) is 6.92 Å². The molecule has 0 aliphatic carbocycles. The lowest BCUT2D eigenvalue weighted by Crippen LogP contribution is -2.24. The number of nitrogens with zero attached hydrogens (tertiary/aromatic N) is 1. The predicted octanol–water partition coefficient (Wildman–Crippen LogP) is 3.49. The number of amides is 1. The second-order valence-electron chi connectivity index (χ2n) is 6.99. The lowest BCUT2D eigenvalue weighted by atomic mass is 10.1. The highest BCUT2D eigenvalue weighted by Gasteiger charge is 2.11. The summed E-state index contributed by atoms with van der Waals surface area (Å²) in [5.41, 5.74) is 5.78. The van der Waals surface area contributed by atoms with Gasteiger partial charge in [0.05, 0.1) is 12.1 Å². The molecular weight excluding hydrogens is 370 g/mol. The van der Waals surface area contributed by atoms with Gasteiger partial charge in [0.1, 0.15) is 17.4 Å². The molecule has 2 aromatic carbocycles. The molecular formula is C22H23N3O2S. The molecule has 28 heavy (non-hydrogen) atoms. The highest BCUT2D eigenvalue weighted by Crippen LogP contribution is 2.18. The Morgan fingerprint density at radius 3 is 2.86 bits per heavy atom. The topological polar surface area (TPSA) is 63.2 Å². The number of hydrogen-bond acceptors (Lipinski definition) is 5. The van der Waals surface area contributed by atoms with Crippen LogP contribution in [0.3, 0.4) is 0 Å². The van der Waals surface area contributed by atoms with Crippen LogP contribution in [0.4, 0.5) is 0 Å². The van der Waals surface area contributed by atoms with Crippen LogP contribution in [0.5, 0.6) is 5.75 Å². The number of thiazole rings is 1. The second kappa shape index (κ2) is 8.54. The van der Waals surface area contributed by atoms with Gasteiger partial charge in [-0.3, -0.25) is 4.79 Å². The van der Waals surface area contributed by atoms with Crippen molar-refractivity contribution in [1.82, 2.24) is 15.6 Å². The molecule has 1 aromatic heterocycles. The average molecular weight is 394 g/mol. The Morgan fingerprint density at radius 2 is 2.00 bits per heavy atom. The van der Waals surface area contributed by atoms with Crippen LogP contribution >= 0.6 is 11.3 Å². The van der Waals surface area contributed by atoms with E-state index in [2.05, 4.69) is 33.8 Å². The quantitative estimate of drug-likeness (QED) is 0.645. The summed E-state index contributed by atoms with van der Waals surface area (Å²) >= 11 is 1.52. The Labute approximate surface area is 168 Å². The van der Waals surface area contributed by atoms with Crippen LogP contribution in [0.15, 0.2) is 47.8 Å². The normalized spacial score (nSPS) is 12.6. The molecule has 0 radical (unpaired) electrons. The number of aromatic nitrogens is 1. The van der Waals surface area contributed by atoms with E-state index in [0.717, 1.165) is 35.1 Å². The van der Waals surface area contributed by atoms with E-state index < -0.39 is 0 Å². The number of fused-ring (bicyclic) bond motifs is 1. The van der Waals surface area contributed by atoms with Crippen molar-refractivity contribution < 1.29 is 9.53 Å². The van der Waals surface area contributed by atoms with Crippen LogP contribution < -0.4 is 15.4 Å². The first-order valence-electron chi connectivity index (χ1n) is 9.36. The SMILES string of the molecule is Cc1ccc(OCc2nc(CC(=O)NCc3ccc4c(c3)CNC4)cs2)cc1. The third kappa shape index (κ3) is 4.77. The fourth-order valence-corrected chi connectivity index (χ4v) is 3.87. The molecule has 1 aliphatic rings. The number of rotatable bonds is 7. The first kappa shape index (κ1) is 18.7. The van der Waals surface area contributed by atoms with E-state index in [4.69, 9.17) is 4.74 Å². The summed E-state index contributed by atoms with van der Waals surface area (Å²) in [6.07, 6.45) is 0.285. The minimum Gasteiger partial charge on any atom is -0.486 e. The molecule has 0 saturated heterocycles. The maximum atomic E-state index is 12.2. The number of aryl methyl sites for hydroxylation is 1. The third-order valence-corrected chi connectivity index (χ3v) is 5.59. The van der Waals surface area contributed by atoms with Gasteiger partial charge in [-0.2, -0.15) is 0 Å². The molecule has 2 N–H and O–H groups in total. The van der Waals surface area contributed by atoms with E-state index in [-0.39, 0.29) is 12.3 Å². The zero-order valence-electron chi connectivity index (χ0n) is 15.8. The number of ether oxygens (including phenoxy) is 1. The number of benzene rings is 2. The van der Waals surface area contributed by atoms with Gasteiger partial charge < -0.3 is 15.4 Å². The molecule has 0 bridgehead atoms. The van der Waals surface area contributed by atoms with Gasteiger partial charge in [-0.25, -0.2) is 4.98 Å². The monoisotopic (exact) mass is 393 g/mol. The van der Waals surface area contributed by atoms with E-state index in [1.807, 2.05) is 36.6 Å². The van der Waals surface area contributed by atoms with Crippen LogP contribution in [0.2, 0.25) is 0 Å². The second-order valence-corrected chi connectivity index (χ2v) is 7.94. The molecule has 0 spiro atoms. The van der Waals surface area contributed by atoms with E-state index in [1.165, 1.54) is 28.0 Å². The van der Waals surface area contributed by atoms with Crippen molar-refractivity contribution in [2.75, 3.05) is 0 Å². The Bertz CT molecular complexity index is 966. The summed E-state index contributed by atoms with van der Waals surface area (Å²) in [6.45, 7) is 4.84. The van der Waals surface area contributed by atoms with E-state index in [9.17, 15) is 4.79 Å². The van der Waals surface area contributed by atoms with Crippen molar-refractivity contribution in [2.45, 2.75) is 39.6 Å².